The molecule has 0 bridgehead atoms. The lowest BCUT2D eigenvalue weighted by Crippen LogP contribution is -2.30. The minimum Gasteiger partial charge on any atom is -0.375 e. The Morgan fingerprint density at radius 1 is 1.41 bits per heavy atom. The summed E-state index contributed by atoms with van der Waals surface area (Å²) in [5.74, 6) is -0.198. The molecule has 1 rings (SSSR count). The highest BCUT2D eigenvalue weighted by atomic mass is 35.5. The van der Waals surface area contributed by atoms with E-state index in [0.29, 0.717) is 28.7 Å². The molecule has 0 saturated carbocycles. The zero-order valence-electron chi connectivity index (χ0n) is 8.96. The fraction of sp³-hybridized carbons (Fsp3) is 0.273. The number of hydrogen-bond acceptors (Lipinski definition) is 3. The molecule has 0 fully saturated rings. The number of nitrogens with one attached hydrogen (secondary N) is 2. The second-order valence-electron chi connectivity index (χ2n) is 3.24. The van der Waals surface area contributed by atoms with Crippen molar-refractivity contribution in [2.24, 2.45) is 0 Å². The number of carbonyl (C=O) groups excluding carboxylic acids is 1. The molecule has 0 saturated heterocycles. The van der Waals surface area contributed by atoms with Gasteiger partial charge >= 0.3 is 0 Å². The largest absolute Gasteiger partial charge is 0.375 e. The molecule has 6 heteroatoms. The second-order valence-corrected chi connectivity index (χ2v) is 4.08. The van der Waals surface area contributed by atoms with Crippen molar-refractivity contribution in [3.63, 3.8) is 0 Å². The van der Waals surface area contributed by atoms with Gasteiger partial charge in [-0.15, -0.1) is 0 Å². The van der Waals surface area contributed by atoms with Crippen molar-refractivity contribution in [2.45, 2.75) is 6.42 Å². The average Bonchev–Trinajstić information content (AvgIpc) is 2.31. The van der Waals surface area contributed by atoms with Crippen molar-refractivity contribution < 1.29 is 4.79 Å². The van der Waals surface area contributed by atoms with Crippen LogP contribution in [0.5, 0.6) is 0 Å². The number of nitriles is 1. The number of nitrogens with zero attached hydrogens (tertiary/aromatic N) is 1. The van der Waals surface area contributed by atoms with Crippen molar-refractivity contribution in [2.75, 3.05) is 18.4 Å². The molecule has 0 unspecified atom stereocenters. The van der Waals surface area contributed by atoms with Gasteiger partial charge in [0, 0.05) is 11.6 Å². The van der Waals surface area contributed by atoms with Crippen LogP contribution in [-0.2, 0) is 4.79 Å². The van der Waals surface area contributed by atoms with E-state index in [9.17, 15) is 4.79 Å². The van der Waals surface area contributed by atoms with Gasteiger partial charge in [0.15, 0.2) is 0 Å². The van der Waals surface area contributed by atoms with E-state index < -0.39 is 0 Å². The summed E-state index contributed by atoms with van der Waals surface area (Å²) in [7, 11) is 0. The van der Waals surface area contributed by atoms with Crippen LogP contribution < -0.4 is 10.6 Å². The van der Waals surface area contributed by atoms with Crippen molar-refractivity contribution >= 4 is 34.8 Å². The Morgan fingerprint density at radius 2 is 2.18 bits per heavy atom. The SMILES string of the molecule is N#CCCNC(=O)CNc1cc(Cl)ccc1Cl. The lowest BCUT2D eigenvalue weighted by Gasteiger charge is -2.08. The van der Waals surface area contributed by atoms with E-state index in [1.807, 2.05) is 6.07 Å². The molecule has 0 atom stereocenters. The molecule has 4 nitrogen and oxygen atoms in total. The van der Waals surface area contributed by atoms with Gasteiger partial charge in [-0.3, -0.25) is 4.79 Å². The van der Waals surface area contributed by atoms with Gasteiger partial charge in [0.05, 0.1) is 29.7 Å². The van der Waals surface area contributed by atoms with Gasteiger partial charge in [-0.05, 0) is 18.2 Å². The summed E-state index contributed by atoms with van der Waals surface area (Å²) in [5.41, 5.74) is 0.606. The number of anilines is 1. The third kappa shape index (κ3) is 4.94. The molecular formula is C11H11Cl2N3O. The van der Waals surface area contributed by atoms with E-state index in [4.69, 9.17) is 28.5 Å². The average molecular weight is 272 g/mol. The van der Waals surface area contributed by atoms with Crippen LogP contribution in [0.2, 0.25) is 10.0 Å². The summed E-state index contributed by atoms with van der Waals surface area (Å²) in [4.78, 5) is 11.3. The highest BCUT2D eigenvalue weighted by Gasteiger charge is 2.04. The topological polar surface area (TPSA) is 64.9 Å². The van der Waals surface area contributed by atoms with Gasteiger partial charge in [-0.2, -0.15) is 5.26 Å². The summed E-state index contributed by atoms with van der Waals surface area (Å²) in [6.07, 6.45) is 0.295. The van der Waals surface area contributed by atoms with Gasteiger partial charge in [0.1, 0.15) is 0 Å². The van der Waals surface area contributed by atoms with Crippen molar-refractivity contribution in [1.82, 2.24) is 5.32 Å². The molecule has 1 amide bonds. The molecule has 17 heavy (non-hydrogen) atoms. The molecular weight excluding hydrogens is 261 g/mol. The maximum Gasteiger partial charge on any atom is 0.239 e. The van der Waals surface area contributed by atoms with E-state index in [1.54, 1.807) is 18.2 Å². The molecule has 0 aliphatic carbocycles. The Morgan fingerprint density at radius 3 is 2.88 bits per heavy atom. The smallest absolute Gasteiger partial charge is 0.239 e. The van der Waals surface area contributed by atoms with Crippen LogP contribution in [0.15, 0.2) is 18.2 Å². The number of hydrogen-bond donors (Lipinski definition) is 2. The number of benzene rings is 1. The molecule has 0 heterocycles. The standard InChI is InChI=1S/C11H11Cl2N3O/c12-8-2-3-9(13)10(6-8)16-7-11(17)15-5-1-4-14/h2-3,6,16H,1,5,7H2,(H,15,17). The van der Waals surface area contributed by atoms with Crippen LogP contribution in [0, 0.1) is 11.3 Å². The zero-order chi connectivity index (χ0) is 12.7. The third-order valence-electron chi connectivity index (χ3n) is 1.93. The Hall–Kier alpha value is -1.44. The Labute approximate surface area is 110 Å². The Bertz CT molecular complexity index is 443. The molecule has 0 spiro atoms. The first kappa shape index (κ1) is 13.6. The van der Waals surface area contributed by atoms with E-state index in [-0.39, 0.29) is 12.5 Å². The minimum atomic E-state index is -0.198. The maximum absolute atomic E-state index is 11.3. The summed E-state index contributed by atoms with van der Waals surface area (Å²) in [6, 6.07) is 6.91. The van der Waals surface area contributed by atoms with E-state index >= 15 is 0 Å². The minimum absolute atomic E-state index is 0.0888. The molecule has 90 valence electrons. The Kier molecular flexibility index (Phi) is 5.61. The predicted molar refractivity (Wildman–Crippen MR) is 68.2 cm³/mol. The highest BCUT2D eigenvalue weighted by Crippen LogP contribution is 2.24. The third-order valence-corrected chi connectivity index (χ3v) is 2.49. The van der Waals surface area contributed by atoms with E-state index in [0.717, 1.165) is 0 Å². The van der Waals surface area contributed by atoms with Crippen molar-refractivity contribution in [3.05, 3.63) is 28.2 Å². The maximum atomic E-state index is 11.3. The monoisotopic (exact) mass is 271 g/mol. The first-order chi connectivity index (χ1) is 8.13. The van der Waals surface area contributed by atoms with Gasteiger partial charge in [-0.1, -0.05) is 23.2 Å². The number of carbonyl (C=O) groups is 1. The molecule has 0 radical (unpaired) electrons. The highest BCUT2D eigenvalue weighted by molar-refractivity contribution is 6.35. The fourth-order valence-electron chi connectivity index (χ4n) is 1.13. The first-order valence-corrected chi connectivity index (χ1v) is 5.71. The van der Waals surface area contributed by atoms with Crippen LogP contribution in [0.4, 0.5) is 5.69 Å². The van der Waals surface area contributed by atoms with E-state index in [2.05, 4.69) is 10.6 Å². The molecule has 0 aliphatic heterocycles. The predicted octanol–water partition coefficient (Wildman–Crippen LogP) is 2.44. The quantitative estimate of drug-likeness (QED) is 0.809. The van der Waals surface area contributed by atoms with Gasteiger partial charge < -0.3 is 10.6 Å². The molecule has 0 aliphatic rings. The summed E-state index contributed by atoms with van der Waals surface area (Å²) in [6.45, 7) is 0.436. The summed E-state index contributed by atoms with van der Waals surface area (Å²) < 4.78 is 0. The normalized spacial score (nSPS) is 9.47. The van der Waals surface area contributed by atoms with Gasteiger partial charge in [0.25, 0.3) is 0 Å². The lowest BCUT2D eigenvalue weighted by atomic mass is 10.3. The van der Waals surface area contributed by atoms with Crippen LogP contribution >= 0.6 is 23.2 Å². The second kappa shape index (κ2) is 7.00. The van der Waals surface area contributed by atoms with Crippen LogP contribution in [0.25, 0.3) is 0 Å². The van der Waals surface area contributed by atoms with Crippen molar-refractivity contribution in [1.29, 1.82) is 5.26 Å². The van der Waals surface area contributed by atoms with E-state index in [1.165, 1.54) is 0 Å². The van der Waals surface area contributed by atoms with Crippen molar-refractivity contribution in [3.8, 4) is 6.07 Å². The number of halogens is 2. The molecule has 1 aromatic rings. The van der Waals surface area contributed by atoms with Gasteiger partial charge in [-0.25, -0.2) is 0 Å². The molecule has 2 N–H and O–H groups in total. The number of rotatable bonds is 5. The summed E-state index contributed by atoms with van der Waals surface area (Å²) in [5, 5.41) is 14.8. The fourth-order valence-corrected chi connectivity index (χ4v) is 1.49. The van der Waals surface area contributed by atoms with Crippen LogP contribution in [0.3, 0.4) is 0 Å². The van der Waals surface area contributed by atoms with Crippen LogP contribution in [-0.4, -0.2) is 19.0 Å². The number of amides is 1. The summed E-state index contributed by atoms with van der Waals surface area (Å²) >= 11 is 11.7. The van der Waals surface area contributed by atoms with Crippen LogP contribution in [0.1, 0.15) is 6.42 Å². The molecule has 0 aromatic heterocycles. The molecule has 1 aromatic carbocycles. The van der Waals surface area contributed by atoms with Gasteiger partial charge in [0.2, 0.25) is 5.91 Å². The first-order valence-electron chi connectivity index (χ1n) is 4.96. The lowest BCUT2D eigenvalue weighted by molar-refractivity contribution is -0.119. The Balaban J connectivity index is 2.42. The zero-order valence-corrected chi connectivity index (χ0v) is 10.5.